The van der Waals surface area contributed by atoms with Crippen molar-refractivity contribution < 1.29 is 17.9 Å². The minimum absolute atomic E-state index is 0.118. The summed E-state index contributed by atoms with van der Waals surface area (Å²) in [5, 5.41) is 2.40. The molecule has 0 heterocycles. The van der Waals surface area contributed by atoms with E-state index in [1.54, 1.807) is 0 Å². The summed E-state index contributed by atoms with van der Waals surface area (Å²) in [6.07, 6.45) is 0.357. The van der Waals surface area contributed by atoms with Crippen LogP contribution in [-0.4, -0.2) is 56.6 Å². The molecule has 8 heteroatoms. The molecule has 6 nitrogen and oxygen atoms in total. The summed E-state index contributed by atoms with van der Waals surface area (Å²) in [6.45, 7) is 5.71. The molecular weight excluding hydrogens is 276 g/mol. The van der Waals surface area contributed by atoms with E-state index in [9.17, 15) is 13.2 Å². The monoisotopic (exact) mass is 298 g/mol. The Morgan fingerprint density at radius 2 is 2.00 bits per heavy atom. The number of rotatable bonds is 9. The van der Waals surface area contributed by atoms with Crippen molar-refractivity contribution in [1.29, 1.82) is 0 Å². The van der Waals surface area contributed by atoms with Crippen LogP contribution in [0.2, 0.25) is 0 Å². The van der Waals surface area contributed by atoms with Gasteiger partial charge in [-0.1, -0.05) is 26.5 Å². The molecule has 0 aliphatic heterocycles. The molecule has 0 aromatic carbocycles. The van der Waals surface area contributed by atoms with Crippen LogP contribution >= 0.6 is 12.6 Å². The van der Waals surface area contributed by atoms with E-state index in [1.165, 1.54) is 7.05 Å². The Balaban J connectivity index is 3.69. The van der Waals surface area contributed by atoms with Crippen molar-refractivity contribution in [2.45, 2.75) is 26.3 Å². The van der Waals surface area contributed by atoms with Gasteiger partial charge in [0.1, 0.15) is 0 Å². The lowest BCUT2D eigenvalue weighted by molar-refractivity contribution is 0.135. The Bertz CT molecular complexity index is 344. The van der Waals surface area contributed by atoms with E-state index in [1.807, 2.05) is 13.8 Å². The summed E-state index contributed by atoms with van der Waals surface area (Å²) < 4.78 is 29.0. The smallest absolute Gasteiger partial charge is 0.291 e. The fourth-order valence-electron chi connectivity index (χ4n) is 1.12. The Morgan fingerprint density at radius 3 is 2.50 bits per heavy atom. The van der Waals surface area contributed by atoms with E-state index < -0.39 is 15.3 Å². The van der Waals surface area contributed by atoms with Crippen LogP contribution in [0.1, 0.15) is 20.3 Å². The van der Waals surface area contributed by atoms with E-state index in [2.05, 4.69) is 17.9 Å². The third kappa shape index (κ3) is 7.91. The molecule has 0 aliphatic rings. The van der Waals surface area contributed by atoms with Crippen LogP contribution in [0.15, 0.2) is 0 Å². The highest BCUT2D eigenvalue weighted by atomic mass is 32.2. The fourth-order valence-corrected chi connectivity index (χ4v) is 2.49. The highest BCUT2D eigenvalue weighted by molar-refractivity contribution is 7.99. The average Bonchev–Trinajstić information content (AvgIpc) is 2.26. The van der Waals surface area contributed by atoms with Gasteiger partial charge in [0.05, 0.1) is 12.4 Å². The lowest BCUT2D eigenvalue weighted by Crippen LogP contribution is -2.31. The zero-order valence-corrected chi connectivity index (χ0v) is 12.8. The Hall–Kier alpha value is -0.310. The Morgan fingerprint density at radius 1 is 1.39 bits per heavy atom. The fraction of sp³-hybridized carbons (Fsp3) is 0.900. The molecule has 0 aromatic heterocycles. The maximum Gasteiger partial charge on any atom is 0.291 e. The molecule has 1 N–H and O–H groups in total. The normalized spacial score (nSPS) is 11.8. The lowest BCUT2D eigenvalue weighted by Gasteiger charge is -2.14. The minimum Gasteiger partial charge on any atom is -0.380 e. The van der Waals surface area contributed by atoms with Crippen LogP contribution in [0.25, 0.3) is 0 Å². The first-order valence-corrected chi connectivity index (χ1v) is 7.83. The third-order valence-electron chi connectivity index (χ3n) is 2.18. The molecule has 0 aliphatic carbocycles. The molecule has 18 heavy (non-hydrogen) atoms. The van der Waals surface area contributed by atoms with Gasteiger partial charge < -0.3 is 10.1 Å². The van der Waals surface area contributed by atoms with Crippen LogP contribution in [0, 0.1) is 0 Å². The first-order valence-electron chi connectivity index (χ1n) is 5.78. The molecule has 0 fully saturated rings. The quantitative estimate of drug-likeness (QED) is 0.484. The van der Waals surface area contributed by atoms with Crippen molar-refractivity contribution in [2.75, 3.05) is 32.6 Å². The Kier molecular flexibility index (Phi) is 8.58. The minimum atomic E-state index is -3.55. The number of carbonyl (C=O) groups excluding carboxylic acids is 1. The van der Waals surface area contributed by atoms with E-state index in [-0.39, 0.29) is 5.75 Å². The van der Waals surface area contributed by atoms with Gasteiger partial charge in [-0.15, -0.1) is 0 Å². The van der Waals surface area contributed by atoms with Gasteiger partial charge in [0.25, 0.3) is 5.24 Å². The molecule has 0 spiro atoms. The summed E-state index contributed by atoms with van der Waals surface area (Å²) in [5.41, 5.74) is 0. The second-order valence-corrected chi connectivity index (χ2v) is 6.64. The molecular formula is C10H22N2O4S2. The molecule has 0 aromatic rings. The number of nitrogens with one attached hydrogen (secondary N) is 1. The van der Waals surface area contributed by atoms with Crippen molar-refractivity contribution in [2.24, 2.45) is 0 Å². The lowest BCUT2D eigenvalue weighted by atomic mass is 10.4. The maximum absolute atomic E-state index is 11.5. The van der Waals surface area contributed by atoms with Crippen LogP contribution in [0.3, 0.4) is 0 Å². The topological polar surface area (TPSA) is 75.7 Å². The second kappa shape index (κ2) is 8.73. The zero-order chi connectivity index (χ0) is 14.2. The number of amides is 1. The van der Waals surface area contributed by atoms with Crippen LogP contribution in [0.5, 0.6) is 0 Å². The van der Waals surface area contributed by atoms with Gasteiger partial charge in [0, 0.05) is 26.2 Å². The van der Waals surface area contributed by atoms with Gasteiger partial charge in [-0.2, -0.15) is 0 Å². The average molecular weight is 298 g/mol. The second-order valence-electron chi connectivity index (χ2n) is 4.14. The largest absolute Gasteiger partial charge is 0.380 e. The molecule has 0 rings (SSSR count). The van der Waals surface area contributed by atoms with Crippen molar-refractivity contribution in [1.82, 2.24) is 9.62 Å². The highest BCUT2D eigenvalue weighted by Crippen LogP contribution is 2.04. The number of ether oxygens (including phenoxy) is 1. The number of thiol groups is 1. The standard InChI is InChI=1S/C10H22N2O4S2/c1-9(2)11-5-7-16-6-4-8-18(14,15)12(3)10(13)17/h9,11H,4-8H2,1-3H3,(H,13,17). The molecule has 0 bridgehead atoms. The molecule has 0 unspecified atom stereocenters. The van der Waals surface area contributed by atoms with Gasteiger partial charge in [-0.25, -0.2) is 12.7 Å². The molecule has 0 atom stereocenters. The van der Waals surface area contributed by atoms with E-state index in [0.29, 0.717) is 30.0 Å². The molecule has 1 amide bonds. The van der Waals surface area contributed by atoms with Gasteiger partial charge in [0.15, 0.2) is 0 Å². The van der Waals surface area contributed by atoms with Crippen molar-refractivity contribution >= 4 is 27.9 Å². The van der Waals surface area contributed by atoms with Gasteiger partial charge in [0.2, 0.25) is 10.0 Å². The van der Waals surface area contributed by atoms with Crippen LogP contribution in [0.4, 0.5) is 4.79 Å². The maximum atomic E-state index is 11.5. The summed E-state index contributed by atoms with van der Waals surface area (Å²) in [6, 6.07) is 0.407. The summed E-state index contributed by atoms with van der Waals surface area (Å²) >= 11 is 3.46. The van der Waals surface area contributed by atoms with Crippen molar-refractivity contribution in [3.05, 3.63) is 0 Å². The van der Waals surface area contributed by atoms with E-state index in [4.69, 9.17) is 4.74 Å². The van der Waals surface area contributed by atoms with Crippen LogP contribution < -0.4 is 5.32 Å². The van der Waals surface area contributed by atoms with Gasteiger partial charge in [-0.05, 0) is 6.42 Å². The predicted octanol–water partition coefficient (Wildman–Crippen LogP) is 0.703. The number of sulfonamides is 1. The SMILES string of the molecule is CC(C)NCCOCCCS(=O)(=O)N(C)C(=O)S. The van der Waals surface area contributed by atoms with Gasteiger partial charge in [-0.3, -0.25) is 4.79 Å². The summed E-state index contributed by atoms with van der Waals surface area (Å²) in [4.78, 5) is 10.8. The summed E-state index contributed by atoms with van der Waals surface area (Å²) in [5.74, 6) is -0.118. The van der Waals surface area contributed by atoms with Gasteiger partial charge >= 0.3 is 0 Å². The predicted molar refractivity (Wildman–Crippen MR) is 74.5 cm³/mol. The zero-order valence-electron chi connectivity index (χ0n) is 11.0. The summed E-state index contributed by atoms with van der Waals surface area (Å²) in [7, 11) is -2.36. The molecule has 0 saturated heterocycles. The number of hydrogen-bond acceptors (Lipinski definition) is 5. The van der Waals surface area contributed by atoms with Crippen LogP contribution in [-0.2, 0) is 14.8 Å². The molecule has 108 valence electrons. The van der Waals surface area contributed by atoms with Crippen molar-refractivity contribution in [3.63, 3.8) is 0 Å². The number of hydrogen-bond donors (Lipinski definition) is 2. The first-order chi connectivity index (χ1) is 8.27. The molecule has 0 radical (unpaired) electrons. The number of nitrogens with zero attached hydrogens (tertiary/aromatic N) is 1. The highest BCUT2D eigenvalue weighted by Gasteiger charge is 2.20. The molecule has 0 saturated carbocycles. The number of carbonyl (C=O) groups is 1. The first kappa shape index (κ1) is 17.7. The van der Waals surface area contributed by atoms with Crippen molar-refractivity contribution in [3.8, 4) is 0 Å². The van der Waals surface area contributed by atoms with E-state index >= 15 is 0 Å². The Labute approximate surface area is 115 Å². The van der Waals surface area contributed by atoms with E-state index in [0.717, 1.165) is 6.54 Å². The third-order valence-corrected chi connectivity index (χ3v) is 4.42.